The Labute approximate surface area is 90.8 Å². The second-order valence-electron chi connectivity index (χ2n) is 3.32. The number of nitrogens with one attached hydrogen (secondary N) is 1. The Morgan fingerprint density at radius 2 is 2.13 bits per heavy atom. The monoisotopic (exact) mass is 247 g/mol. The lowest BCUT2D eigenvalue weighted by molar-refractivity contribution is 0.0702. The highest BCUT2D eigenvalue weighted by Crippen LogP contribution is 2.25. The first-order chi connectivity index (χ1) is 6.99. The number of hydrogen-bond donors (Lipinski definition) is 2. The Morgan fingerprint density at radius 3 is 2.60 bits per heavy atom. The summed E-state index contributed by atoms with van der Waals surface area (Å²) in [7, 11) is -3.50. The zero-order valence-corrected chi connectivity index (χ0v) is 9.27. The molecule has 2 N–H and O–H groups in total. The second kappa shape index (κ2) is 3.58. The predicted octanol–water partition coefficient (Wildman–Crippen LogP) is 0.887. The summed E-state index contributed by atoms with van der Waals surface area (Å²) in [5.74, 6) is -1.10. The van der Waals surface area contributed by atoms with E-state index in [0.29, 0.717) is 0 Å². The Morgan fingerprint density at radius 1 is 1.47 bits per heavy atom. The van der Waals surface area contributed by atoms with Crippen molar-refractivity contribution in [3.05, 3.63) is 17.0 Å². The molecule has 1 aliphatic rings. The fourth-order valence-corrected chi connectivity index (χ4v) is 3.52. The van der Waals surface area contributed by atoms with Gasteiger partial charge in [-0.1, -0.05) is 0 Å². The van der Waals surface area contributed by atoms with Crippen LogP contribution in [0.5, 0.6) is 0 Å². The van der Waals surface area contributed by atoms with E-state index in [-0.39, 0.29) is 15.1 Å². The molecule has 0 radical (unpaired) electrons. The summed E-state index contributed by atoms with van der Waals surface area (Å²) in [6.07, 6.45) is 1.72. The topological polar surface area (TPSA) is 83.5 Å². The van der Waals surface area contributed by atoms with Crippen LogP contribution in [0.3, 0.4) is 0 Å². The lowest BCUT2D eigenvalue weighted by Crippen LogP contribution is -2.24. The van der Waals surface area contributed by atoms with Crippen molar-refractivity contribution in [2.24, 2.45) is 0 Å². The maximum atomic E-state index is 11.6. The normalized spacial score (nSPS) is 16.5. The first-order valence-electron chi connectivity index (χ1n) is 4.34. The second-order valence-corrected chi connectivity index (χ2v) is 6.34. The summed E-state index contributed by atoms with van der Waals surface area (Å²) < 4.78 is 25.8. The average Bonchev–Trinajstić information content (AvgIpc) is 2.80. The number of rotatable bonds is 4. The molecule has 0 unspecified atom stereocenters. The van der Waals surface area contributed by atoms with Crippen molar-refractivity contribution in [3.63, 3.8) is 0 Å². The molecule has 0 aliphatic heterocycles. The van der Waals surface area contributed by atoms with Crippen LogP contribution in [0.15, 0.2) is 16.3 Å². The quantitative estimate of drug-likeness (QED) is 0.827. The van der Waals surface area contributed by atoms with Crippen LogP contribution in [-0.2, 0) is 10.0 Å². The van der Waals surface area contributed by atoms with Gasteiger partial charge in [0.25, 0.3) is 0 Å². The van der Waals surface area contributed by atoms with Gasteiger partial charge in [0.1, 0.15) is 9.09 Å². The third-order valence-corrected chi connectivity index (χ3v) is 5.04. The smallest absolute Gasteiger partial charge is 0.345 e. The summed E-state index contributed by atoms with van der Waals surface area (Å²) >= 11 is 0.768. The van der Waals surface area contributed by atoms with Crippen LogP contribution in [0.2, 0.25) is 0 Å². The van der Waals surface area contributed by atoms with Gasteiger partial charge in [0.05, 0.1) is 0 Å². The summed E-state index contributed by atoms with van der Waals surface area (Å²) in [5.41, 5.74) is 0. The molecular formula is C8H9NO4S2. The molecule has 1 fully saturated rings. The van der Waals surface area contributed by atoms with E-state index < -0.39 is 16.0 Å². The van der Waals surface area contributed by atoms with Gasteiger partial charge in [-0.15, -0.1) is 11.3 Å². The van der Waals surface area contributed by atoms with Gasteiger partial charge >= 0.3 is 5.97 Å². The van der Waals surface area contributed by atoms with E-state index in [2.05, 4.69) is 4.72 Å². The van der Waals surface area contributed by atoms with Crippen LogP contribution in [-0.4, -0.2) is 25.5 Å². The molecule has 7 heteroatoms. The number of sulfonamides is 1. The number of thiophene rings is 1. The van der Waals surface area contributed by atoms with Crippen LogP contribution in [0.1, 0.15) is 22.5 Å². The zero-order valence-electron chi connectivity index (χ0n) is 7.63. The van der Waals surface area contributed by atoms with E-state index in [1.807, 2.05) is 0 Å². The van der Waals surface area contributed by atoms with Gasteiger partial charge in [0, 0.05) is 6.04 Å². The molecule has 1 aromatic rings. The predicted molar refractivity (Wildman–Crippen MR) is 54.6 cm³/mol. The molecule has 0 aromatic carbocycles. The molecule has 0 bridgehead atoms. The van der Waals surface area contributed by atoms with Gasteiger partial charge in [0.15, 0.2) is 0 Å². The van der Waals surface area contributed by atoms with E-state index >= 15 is 0 Å². The van der Waals surface area contributed by atoms with Crippen molar-refractivity contribution in [3.8, 4) is 0 Å². The molecule has 0 amide bonds. The van der Waals surface area contributed by atoms with Gasteiger partial charge < -0.3 is 5.11 Å². The molecule has 0 saturated heterocycles. The molecule has 0 atom stereocenters. The summed E-state index contributed by atoms with van der Waals surface area (Å²) in [6.45, 7) is 0. The van der Waals surface area contributed by atoms with Gasteiger partial charge in [0.2, 0.25) is 10.0 Å². The van der Waals surface area contributed by atoms with E-state index in [9.17, 15) is 13.2 Å². The molecule has 0 spiro atoms. The van der Waals surface area contributed by atoms with Gasteiger partial charge in [-0.05, 0) is 25.0 Å². The van der Waals surface area contributed by atoms with Crippen LogP contribution >= 0.6 is 11.3 Å². The lowest BCUT2D eigenvalue weighted by Gasteiger charge is -2.00. The lowest BCUT2D eigenvalue weighted by atomic mass is 10.5. The van der Waals surface area contributed by atoms with Crippen LogP contribution in [0, 0.1) is 0 Å². The number of carboxylic acid groups (broad SMARTS) is 1. The number of hydrogen-bond acceptors (Lipinski definition) is 4. The Bertz CT molecular complexity index is 486. The molecule has 15 heavy (non-hydrogen) atoms. The van der Waals surface area contributed by atoms with Crippen molar-refractivity contribution in [1.29, 1.82) is 0 Å². The summed E-state index contributed by atoms with van der Waals surface area (Å²) in [4.78, 5) is 10.6. The van der Waals surface area contributed by atoms with E-state index in [1.54, 1.807) is 0 Å². The van der Waals surface area contributed by atoms with Crippen LogP contribution in [0.25, 0.3) is 0 Å². The standard InChI is InChI=1S/C8H9NO4S2/c10-8(11)6-3-4-7(14-6)15(12,13)9-5-1-2-5/h3-5,9H,1-2H2,(H,10,11). The third kappa shape index (κ3) is 2.36. The Hall–Kier alpha value is -0.920. The minimum absolute atomic E-state index is 0.0328. The first-order valence-corrected chi connectivity index (χ1v) is 6.64. The van der Waals surface area contributed by atoms with Crippen molar-refractivity contribution in [2.45, 2.75) is 23.1 Å². The highest BCUT2D eigenvalue weighted by molar-refractivity contribution is 7.91. The van der Waals surface area contributed by atoms with Gasteiger partial charge in [-0.25, -0.2) is 17.9 Å². The SMILES string of the molecule is O=C(O)c1ccc(S(=O)(=O)NC2CC2)s1. The molecule has 82 valence electrons. The number of carbonyl (C=O) groups is 1. The number of carboxylic acids is 1. The van der Waals surface area contributed by atoms with Crippen molar-refractivity contribution in [1.82, 2.24) is 4.72 Å². The van der Waals surface area contributed by atoms with Gasteiger partial charge in [-0.3, -0.25) is 0 Å². The fourth-order valence-electron chi connectivity index (χ4n) is 1.06. The van der Waals surface area contributed by atoms with E-state index in [4.69, 9.17) is 5.11 Å². The van der Waals surface area contributed by atoms with Crippen molar-refractivity contribution < 1.29 is 18.3 Å². The molecule has 5 nitrogen and oxygen atoms in total. The number of aromatic carboxylic acids is 1. The van der Waals surface area contributed by atoms with Crippen LogP contribution < -0.4 is 4.72 Å². The van der Waals surface area contributed by atoms with E-state index in [1.165, 1.54) is 12.1 Å². The zero-order chi connectivity index (χ0) is 11.1. The third-order valence-electron chi connectivity index (χ3n) is 1.96. The molecule has 1 aromatic heterocycles. The maximum absolute atomic E-state index is 11.6. The highest BCUT2D eigenvalue weighted by Gasteiger charge is 2.29. The first kappa shape index (κ1) is 10.6. The van der Waals surface area contributed by atoms with Gasteiger partial charge in [-0.2, -0.15) is 0 Å². The Kier molecular flexibility index (Phi) is 2.53. The maximum Gasteiger partial charge on any atom is 0.345 e. The largest absolute Gasteiger partial charge is 0.477 e. The summed E-state index contributed by atoms with van der Waals surface area (Å²) in [6, 6.07) is 2.65. The van der Waals surface area contributed by atoms with E-state index in [0.717, 1.165) is 24.2 Å². The van der Waals surface area contributed by atoms with Crippen molar-refractivity contribution >= 4 is 27.3 Å². The minimum Gasteiger partial charge on any atom is -0.477 e. The average molecular weight is 247 g/mol. The molecule has 2 rings (SSSR count). The highest BCUT2D eigenvalue weighted by atomic mass is 32.2. The Balaban J connectivity index is 2.23. The molecule has 1 saturated carbocycles. The minimum atomic E-state index is -3.50. The molecule has 1 aliphatic carbocycles. The molecular weight excluding hydrogens is 238 g/mol. The van der Waals surface area contributed by atoms with Crippen molar-refractivity contribution in [2.75, 3.05) is 0 Å². The fraction of sp³-hybridized carbons (Fsp3) is 0.375. The molecule has 1 heterocycles. The summed E-state index contributed by atoms with van der Waals surface area (Å²) in [5, 5.41) is 8.65. The van der Waals surface area contributed by atoms with Crippen LogP contribution in [0.4, 0.5) is 0 Å².